The minimum Gasteiger partial charge on any atom is -0.339 e. The number of likely N-dealkylation sites (tertiary alicyclic amines) is 1. The van der Waals surface area contributed by atoms with Crippen LogP contribution in [0.1, 0.15) is 38.3 Å². The zero-order valence-electron chi connectivity index (χ0n) is 12.5. The first-order valence-corrected chi connectivity index (χ1v) is 7.29. The summed E-state index contributed by atoms with van der Waals surface area (Å²) in [6.07, 6.45) is 1.62. The van der Waals surface area contributed by atoms with Crippen LogP contribution in [0.15, 0.2) is 24.3 Å². The highest BCUT2D eigenvalue weighted by Crippen LogP contribution is 2.27. The highest BCUT2D eigenvalue weighted by Gasteiger charge is 2.31. The fourth-order valence-electron chi connectivity index (χ4n) is 3.02. The van der Waals surface area contributed by atoms with E-state index in [1.807, 2.05) is 17.0 Å². The van der Waals surface area contributed by atoms with E-state index in [0.29, 0.717) is 29.9 Å². The van der Waals surface area contributed by atoms with Gasteiger partial charge in [0.15, 0.2) is 0 Å². The van der Waals surface area contributed by atoms with Gasteiger partial charge in [-0.05, 0) is 42.9 Å². The van der Waals surface area contributed by atoms with E-state index in [-0.39, 0.29) is 5.91 Å². The lowest BCUT2D eigenvalue weighted by Gasteiger charge is -2.41. The number of amides is 1. The maximum Gasteiger partial charge on any atom is 0.227 e. The number of nitriles is 1. The summed E-state index contributed by atoms with van der Waals surface area (Å²) in [5, 5.41) is 8.78. The molecule has 1 heterocycles. The number of hydrogen-bond acceptors (Lipinski definition) is 2. The van der Waals surface area contributed by atoms with Gasteiger partial charge in [-0.2, -0.15) is 5.26 Å². The van der Waals surface area contributed by atoms with Gasteiger partial charge in [0.1, 0.15) is 0 Å². The number of piperidine rings is 1. The van der Waals surface area contributed by atoms with E-state index < -0.39 is 0 Å². The molecule has 3 heteroatoms. The number of benzene rings is 1. The second-order valence-electron chi connectivity index (χ2n) is 6.09. The van der Waals surface area contributed by atoms with Gasteiger partial charge in [-0.15, -0.1) is 0 Å². The van der Waals surface area contributed by atoms with Crippen molar-refractivity contribution in [2.45, 2.75) is 39.7 Å². The molecule has 1 aromatic carbocycles. The molecule has 0 radical (unpaired) electrons. The Balaban J connectivity index is 2.05. The molecule has 2 rings (SSSR count). The van der Waals surface area contributed by atoms with Gasteiger partial charge in [-0.3, -0.25) is 4.79 Å². The SMILES string of the molecule is CC1CC(C)C(C)N(C(=O)Cc2ccc(C#N)cc2)C1. The van der Waals surface area contributed by atoms with Gasteiger partial charge in [0, 0.05) is 12.6 Å². The summed E-state index contributed by atoms with van der Waals surface area (Å²) >= 11 is 0. The van der Waals surface area contributed by atoms with Crippen molar-refractivity contribution in [3.63, 3.8) is 0 Å². The first-order valence-electron chi connectivity index (χ1n) is 7.29. The third kappa shape index (κ3) is 3.19. The molecule has 106 valence electrons. The predicted octanol–water partition coefficient (Wildman–Crippen LogP) is 2.99. The van der Waals surface area contributed by atoms with E-state index in [1.54, 1.807) is 12.1 Å². The van der Waals surface area contributed by atoms with Crippen molar-refractivity contribution >= 4 is 5.91 Å². The molecule has 0 spiro atoms. The van der Waals surface area contributed by atoms with E-state index >= 15 is 0 Å². The summed E-state index contributed by atoms with van der Waals surface area (Å²) in [4.78, 5) is 14.5. The van der Waals surface area contributed by atoms with Gasteiger partial charge >= 0.3 is 0 Å². The third-order valence-corrected chi connectivity index (χ3v) is 4.36. The Morgan fingerprint density at radius 2 is 1.95 bits per heavy atom. The predicted molar refractivity (Wildman–Crippen MR) is 79.0 cm³/mol. The van der Waals surface area contributed by atoms with Gasteiger partial charge in [-0.1, -0.05) is 26.0 Å². The van der Waals surface area contributed by atoms with Crippen LogP contribution in [0, 0.1) is 23.2 Å². The third-order valence-electron chi connectivity index (χ3n) is 4.36. The molecule has 1 aromatic rings. The zero-order chi connectivity index (χ0) is 14.7. The molecule has 0 aromatic heterocycles. The van der Waals surface area contributed by atoms with Gasteiger partial charge in [0.05, 0.1) is 18.1 Å². The van der Waals surface area contributed by atoms with Crippen LogP contribution < -0.4 is 0 Å². The lowest BCUT2D eigenvalue weighted by atomic mass is 9.85. The lowest BCUT2D eigenvalue weighted by Crippen LogP contribution is -2.49. The normalized spacial score (nSPS) is 26.1. The van der Waals surface area contributed by atoms with Crippen molar-refractivity contribution in [3.8, 4) is 6.07 Å². The fraction of sp³-hybridized carbons (Fsp3) is 0.529. The van der Waals surface area contributed by atoms with Crippen molar-refractivity contribution in [2.75, 3.05) is 6.54 Å². The van der Waals surface area contributed by atoms with Crippen LogP contribution in [-0.2, 0) is 11.2 Å². The molecular weight excluding hydrogens is 248 g/mol. The summed E-state index contributed by atoms with van der Waals surface area (Å²) < 4.78 is 0. The van der Waals surface area contributed by atoms with Crippen molar-refractivity contribution in [1.29, 1.82) is 5.26 Å². The molecule has 0 aliphatic carbocycles. The number of carbonyl (C=O) groups excluding carboxylic acids is 1. The van der Waals surface area contributed by atoms with Gasteiger partial charge in [0.2, 0.25) is 5.91 Å². The maximum atomic E-state index is 12.5. The summed E-state index contributed by atoms with van der Waals surface area (Å²) in [5.74, 6) is 1.33. The average Bonchev–Trinajstić information content (AvgIpc) is 2.43. The Kier molecular flexibility index (Phi) is 4.44. The summed E-state index contributed by atoms with van der Waals surface area (Å²) in [5.41, 5.74) is 1.61. The number of hydrogen-bond donors (Lipinski definition) is 0. The van der Waals surface area contributed by atoms with Crippen LogP contribution in [0.3, 0.4) is 0 Å². The highest BCUT2D eigenvalue weighted by atomic mass is 16.2. The van der Waals surface area contributed by atoms with E-state index in [1.165, 1.54) is 6.42 Å². The molecule has 1 aliphatic rings. The van der Waals surface area contributed by atoms with E-state index in [9.17, 15) is 4.79 Å². The minimum atomic E-state index is 0.195. The topological polar surface area (TPSA) is 44.1 Å². The van der Waals surface area contributed by atoms with Crippen molar-refractivity contribution < 1.29 is 4.79 Å². The summed E-state index contributed by atoms with van der Waals surface area (Å²) in [6.45, 7) is 7.44. The maximum absolute atomic E-state index is 12.5. The second kappa shape index (κ2) is 6.09. The summed E-state index contributed by atoms with van der Waals surface area (Å²) in [6, 6.07) is 9.70. The smallest absolute Gasteiger partial charge is 0.227 e. The van der Waals surface area contributed by atoms with Crippen molar-refractivity contribution in [3.05, 3.63) is 35.4 Å². The number of nitrogens with zero attached hydrogens (tertiary/aromatic N) is 2. The lowest BCUT2D eigenvalue weighted by molar-refractivity contribution is -0.136. The Labute approximate surface area is 121 Å². The van der Waals surface area contributed by atoms with Gasteiger partial charge in [0.25, 0.3) is 0 Å². The Morgan fingerprint density at radius 1 is 1.30 bits per heavy atom. The van der Waals surface area contributed by atoms with Crippen LogP contribution in [0.4, 0.5) is 0 Å². The van der Waals surface area contributed by atoms with Crippen LogP contribution in [0.25, 0.3) is 0 Å². The first-order chi connectivity index (χ1) is 9.51. The fourth-order valence-corrected chi connectivity index (χ4v) is 3.02. The van der Waals surface area contributed by atoms with Crippen molar-refractivity contribution in [2.24, 2.45) is 11.8 Å². The molecule has 1 fully saturated rings. The summed E-state index contributed by atoms with van der Waals surface area (Å²) in [7, 11) is 0. The molecule has 3 atom stereocenters. The standard InChI is InChI=1S/C17H22N2O/c1-12-8-13(2)14(3)19(11-12)17(20)9-15-4-6-16(10-18)7-5-15/h4-7,12-14H,8-9,11H2,1-3H3. The van der Waals surface area contributed by atoms with Gasteiger partial charge in [-0.25, -0.2) is 0 Å². The molecule has 3 nitrogen and oxygen atoms in total. The highest BCUT2D eigenvalue weighted by molar-refractivity contribution is 5.79. The Bertz CT molecular complexity index is 515. The Hall–Kier alpha value is -1.82. The molecule has 1 saturated heterocycles. The van der Waals surface area contributed by atoms with Gasteiger partial charge < -0.3 is 4.90 Å². The second-order valence-corrected chi connectivity index (χ2v) is 6.09. The Morgan fingerprint density at radius 3 is 2.55 bits per heavy atom. The largest absolute Gasteiger partial charge is 0.339 e. The molecule has 1 amide bonds. The van der Waals surface area contributed by atoms with E-state index in [2.05, 4.69) is 26.8 Å². The first kappa shape index (κ1) is 14.6. The monoisotopic (exact) mass is 270 g/mol. The van der Waals surface area contributed by atoms with Crippen LogP contribution >= 0.6 is 0 Å². The number of carbonyl (C=O) groups is 1. The van der Waals surface area contributed by atoms with Crippen LogP contribution in [0.5, 0.6) is 0 Å². The average molecular weight is 270 g/mol. The molecule has 0 saturated carbocycles. The van der Waals surface area contributed by atoms with Crippen molar-refractivity contribution in [1.82, 2.24) is 4.90 Å². The number of rotatable bonds is 2. The molecule has 20 heavy (non-hydrogen) atoms. The molecular formula is C17H22N2O. The van der Waals surface area contributed by atoms with Crippen LogP contribution in [0.2, 0.25) is 0 Å². The zero-order valence-corrected chi connectivity index (χ0v) is 12.5. The minimum absolute atomic E-state index is 0.195. The van der Waals surface area contributed by atoms with E-state index in [0.717, 1.165) is 12.1 Å². The quantitative estimate of drug-likeness (QED) is 0.829. The van der Waals surface area contributed by atoms with Crippen LogP contribution in [-0.4, -0.2) is 23.4 Å². The molecule has 3 unspecified atom stereocenters. The molecule has 0 bridgehead atoms. The molecule has 0 N–H and O–H groups in total. The van der Waals surface area contributed by atoms with E-state index in [4.69, 9.17) is 5.26 Å². The molecule has 1 aliphatic heterocycles.